The molecule has 2 aliphatic rings. The maximum absolute atomic E-state index is 6.39. The molecule has 0 spiro atoms. The van der Waals surface area contributed by atoms with E-state index in [1.54, 1.807) is 6.26 Å². The number of hydrogen-bond acceptors (Lipinski definition) is 6. The molecule has 0 aliphatic carbocycles. The molecule has 1 aromatic heterocycles. The average molecular weight is 378 g/mol. The second-order valence-electron chi connectivity index (χ2n) is 6.81. The highest BCUT2D eigenvalue weighted by Crippen LogP contribution is 2.38. The van der Waals surface area contributed by atoms with Crippen LogP contribution in [0.15, 0.2) is 29.0 Å². The lowest BCUT2D eigenvalue weighted by molar-refractivity contribution is 0.126. The number of halogens is 1. The number of benzene rings is 1. The maximum Gasteiger partial charge on any atom is 0.179 e. The van der Waals surface area contributed by atoms with Crippen LogP contribution in [0.4, 0.5) is 0 Å². The van der Waals surface area contributed by atoms with E-state index in [0.29, 0.717) is 24.0 Å². The Labute approximate surface area is 158 Å². The van der Waals surface area contributed by atoms with Crippen molar-refractivity contribution >= 4 is 11.6 Å². The summed E-state index contributed by atoms with van der Waals surface area (Å²) in [6.07, 6.45) is 3.48. The van der Waals surface area contributed by atoms with Crippen LogP contribution in [0.2, 0.25) is 5.02 Å². The van der Waals surface area contributed by atoms with Gasteiger partial charge in [0.1, 0.15) is 6.26 Å². The molecule has 0 radical (unpaired) electrons. The van der Waals surface area contributed by atoms with Gasteiger partial charge in [-0.05, 0) is 24.1 Å². The molecule has 0 bridgehead atoms. The number of rotatable bonds is 5. The fourth-order valence-electron chi connectivity index (χ4n) is 3.43. The highest BCUT2D eigenvalue weighted by Gasteiger charge is 2.19. The maximum atomic E-state index is 6.39. The highest BCUT2D eigenvalue weighted by atomic mass is 35.5. The van der Waals surface area contributed by atoms with Crippen molar-refractivity contribution in [3.05, 3.63) is 40.7 Å². The molecule has 0 N–H and O–H groups in total. The van der Waals surface area contributed by atoms with Crippen LogP contribution in [-0.4, -0.2) is 60.9 Å². The van der Waals surface area contributed by atoms with Crippen LogP contribution in [0, 0.1) is 0 Å². The average Bonchev–Trinajstić information content (AvgIpc) is 3.04. The fraction of sp³-hybridized carbons (Fsp3) is 0.526. The van der Waals surface area contributed by atoms with Gasteiger partial charge >= 0.3 is 0 Å². The minimum atomic E-state index is 0.650. The van der Waals surface area contributed by atoms with Crippen molar-refractivity contribution in [1.82, 2.24) is 15.0 Å². The third kappa shape index (κ3) is 4.31. The van der Waals surface area contributed by atoms with Gasteiger partial charge in [0.2, 0.25) is 0 Å². The zero-order valence-electron chi connectivity index (χ0n) is 14.8. The summed E-state index contributed by atoms with van der Waals surface area (Å²) in [6, 6.07) is 6.02. The van der Waals surface area contributed by atoms with Crippen molar-refractivity contribution in [2.75, 3.05) is 45.9 Å². The monoisotopic (exact) mass is 377 g/mol. The standard InChI is InChI=1S/C19H24ClN3O3/c20-17-12-15(13-18-19(17)25-10-1-9-24-18)2-4-22-5-7-23(8-6-22)14-16-3-11-26-21-16/h3,11-13H,1-2,4-10,14H2. The lowest BCUT2D eigenvalue weighted by atomic mass is 10.1. The van der Waals surface area contributed by atoms with Crippen molar-refractivity contribution in [2.24, 2.45) is 0 Å². The van der Waals surface area contributed by atoms with Gasteiger partial charge in [0.15, 0.2) is 11.5 Å². The van der Waals surface area contributed by atoms with Crippen LogP contribution in [-0.2, 0) is 13.0 Å². The van der Waals surface area contributed by atoms with E-state index in [4.69, 9.17) is 25.6 Å². The van der Waals surface area contributed by atoms with E-state index in [-0.39, 0.29) is 0 Å². The van der Waals surface area contributed by atoms with Crippen molar-refractivity contribution < 1.29 is 14.0 Å². The summed E-state index contributed by atoms with van der Waals surface area (Å²) in [7, 11) is 0. The van der Waals surface area contributed by atoms with Crippen molar-refractivity contribution in [3.63, 3.8) is 0 Å². The normalized spacial score (nSPS) is 18.7. The van der Waals surface area contributed by atoms with Crippen molar-refractivity contribution in [1.29, 1.82) is 0 Å². The quantitative estimate of drug-likeness (QED) is 0.798. The molecule has 140 valence electrons. The van der Waals surface area contributed by atoms with Gasteiger partial charge in [0, 0.05) is 51.8 Å². The van der Waals surface area contributed by atoms with E-state index in [1.165, 1.54) is 5.56 Å². The van der Waals surface area contributed by atoms with Gasteiger partial charge in [-0.1, -0.05) is 16.8 Å². The van der Waals surface area contributed by atoms with Crippen LogP contribution < -0.4 is 9.47 Å². The van der Waals surface area contributed by atoms with Crippen molar-refractivity contribution in [2.45, 2.75) is 19.4 Å². The third-order valence-electron chi connectivity index (χ3n) is 4.92. The first-order chi connectivity index (χ1) is 12.8. The van der Waals surface area contributed by atoms with E-state index in [1.807, 2.05) is 12.1 Å². The number of hydrogen-bond donors (Lipinski definition) is 0. The Morgan fingerprint density at radius 3 is 2.65 bits per heavy atom. The second-order valence-corrected chi connectivity index (χ2v) is 7.22. The number of ether oxygens (including phenoxy) is 2. The molecule has 6 nitrogen and oxygen atoms in total. The zero-order chi connectivity index (χ0) is 17.8. The molecule has 0 amide bonds. The smallest absolute Gasteiger partial charge is 0.179 e. The molecular formula is C19H24ClN3O3. The van der Waals surface area contributed by atoms with Gasteiger partial charge in [0.25, 0.3) is 0 Å². The number of nitrogens with zero attached hydrogens (tertiary/aromatic N) is 3. The molecule has 2 aromatic rings. The van der Waals surface area contributed by atoms with Crippen LogP contribution in [0.25, 0.3) is 0 Å². The van der Waals surface area contributed by atoms with Gasteiger partial charge in [-0.2, -0.15) is 0 Å². The molecule has 7 heteroatoms. The van der Waals surface area contributed by atoms with Gasteiger partial charge in [0.05, 0.1) is 23.9 Å². The van der Waals surface area contributed by atoms with E-state index in [9.17, 15) is 0 Å². The Morgan fingerprint density at radius 2 is 1.85 bits per heavy atom. The minimum absolute atomic E-state index is 0.650. The Balaban J connectivity index is 1.28. The molecule has 1 aromatic carbocycles. The molecule has 3 heterocycles. The Morgan fingerprint density at radius 1 is 1.04 bits per heavy atom. The number of fused-ring (bicyclic) bond motifs is 1. The molecule has 2 aliphatic heterocycles. The van der Waals surface area contributed by atoms with E-state index in [0.717, 1.165) is 63.6 Å². The summed E-state index contributed by atoms with van der Waals surface area (Å²) < 4.78 is 16.4. The predicted molar refractivity (Wildman–Crippen MR) is 99.0 cm³/mol. The summed E-state index contributed by atoms with van der Waals surface area (Å²) in [4.78, 5) is 4.91. The highest BCUT2D eigenvalue weighted by molar-refractivity contribution is 6.32. The van der Waals surface area contributed by atoms with E-state index < -0.39 is 0 Å². The first-order valence-electron chi connectivity index (χ1n) is 9.20. The lowest BCUT2D eigenvalue weighted by Crippen LogP contribution is -2.46. The lowest BCUT2D eigenvalue weighted by Gasteiger charge is -2.34. The Kier molecular flexibility index (Phi) is 5.62. The fourth-order valence-corrected chi connectivity index (χ4v) is 3.72. The predicted octanol–water partition coefficient (Wildman–Crippen LogP) is 2.85. The largest absolute Gasteiger partial charge is 0.489 e. The first kappa shape index (κ1) is 17.6. The molecule has 1 saturated heterocycles. The van der Waals surface area contributed by atoms with Crippen LogP contribution in [0.3, 0.4) is 0 Å². The number of aromatic nitrogens is 1. The Hall–Kier alpha value is -1.76. The van der Waals surface area contributed by atoms with Gasteiger partial charge in [-0.15, -0.1) is 0 Å². The van der Waals surface area contributed by atoms with Crippen LogP contribution in [0.5, 0.6) is 11.5 Å². The van der Waals surface area contributed by atoms with Gasteiger partial charge in [-0.25, -0.2) is 0 Å². The summed E-state index contributed by atoms with van der Waals surface area (Å²) >= 11 is 6.39. The Bertz CT molecular complexity index is 715. The van der Waals surface area contributed by atoms with Gasteiger partial charge < -0.3 is 18.9 Å². The zero-order valence-corrected chi connectivity index (χ0v) is 15.6. The second kappa shape index (κ2) is 8.29. The van der Waals surface area contributed by atoms with E-state index >= 15 is 0 Å². The molecule has 26 heavy (non-hydrogen) atoms. The summed E-state index contributed by atoms with van der Waals surface area (Å²) in [5.74, 6) is 1.47. The topological polar surface area (TPSA) is 51.0 Å². The third-order valence-corrected chi connectivity index (χ3v) is 5.20. The first-order valence-corrected chi connectivity index (χ1v) is 9.58. The van der Waals surface area contributed by atoms with Crippen LogP contribution >= 0.6 is 11.6 Å². The SMILES string of the molecule is Clc1cc(CCN2CCN(Cc3ccon3)CC2)cc2c1OCCCO2. The van der Waals surface area contributed by atoms with E-state index in [2.05, 4.69) is 21.0 Å². The number of piperazine rings is 1. The summed E-state index contributed by atoms with van der Waals surface area (Å²) in [5, 5.41) is 4.64. The van der Waals surface area contributed by atoms with Gasteiger partial charge in [-0.3, -0.25) is 4.90 Å². The summed E-state index contributed by atoms with van der Waals surface area (Å²) in [6.45, 7) is 7.45. The summed E-state index contributed by atoms with van der Waals surface area (Å²) in [5.41, 5.74) is 2.20. The van der Waals surface area contributed by atoms with Crippen LogP contribution in [0.1, 0.15) is 17.7 Å². The molecule has 0 atom stereocenters. The van der Waals surface area contributed by atoms with Crippen molar-refractivity contribution in [3.8, 4) is 11.5 Å². The molecular weight excluding hydrogens is 354 g/mol. The molecule has 1 fully saturated rings. The molecule has 0 saturated carbocycles. The molecule has 0 unspecified atom stereocenters. The molecule has 4 rings (SSSR count). The minimum Gasteiger partial charge on any atom is -0.489 e.